The van der Waals surface area contributed by atoms with Crippen LogP contribution in [0.1, 0.15) is 18.1 Å². The Morgan fingerprint density at radius 3 is 2.58 bits per heavy atom. The van der Waals surface area contributed by atoms with Gasteiger partial charge in [0.15, 0.2) is 0 Å². The van der Waals surface area contributed by atoms with Crippen molar-refractivity contribution < 1.29 is 9.13 Å². The Morgan fingerprint density at radius 1 is 1.16 bits per heavy atom. The van der Waals surface area contributed by atoms with Crippen LogP contribution in [0.4, 0.5) is 4.39 Å². The predicted octanol–water partition coefficient (Wildman–Crippen LogP) is 3.82. The molecule has 0 aliphatic carbocycles. The van der Waals surface area contributed by atoms with E-state index in [1.807, 2.05) is 31.2 Å². The van der Waals surface area contributed by atoms with E-state index in [0.29, 0.717) is 11.3 Å². The summed E-state index contributed by atoms with van der Waals surface area (Å²) in [7, 11) is 0. The van der Waals surface area contributed by atoms with Crippen LogP contribution >= 0.6 is 0 Å². The van der Waals surface area contributed by atoms with Crippen LogP contribution in [0, 0.1) is 12.7 Å². The maximum absolute atomic E-state index is 13.2. The first-order valence-corrected chi connectivity index (χ1v) is 6.33. The Morgan fingerprint density at radius 2 is 1.89 bits per heavy atom. The second-order valence-electron chi connectivity index (χ2n) is 4.84. The lowest BCUT2D eigenvalue weighted by molar-refractivity contribution is 0.478. The van der Waals surface area contributed by atoms with Gasteiger partial charge in [0.25, 0.3) is 0 Å². The van der Waals surface area contributed by atoms with Gasteiger partial charge in [0.05, 0.1) is 0 Å². The van der Waals surface area contributed by atoms with Crippen LogP contribution in [0.25, 0.3) is 0 Å². The SMILES string of the molecule is Cc1cc(Oc2cccc(CC(C)N)c2)ccc1F. The van der Waals surface area contributed by atoms with Gasteiger partial charge in [-0.3, -0.25) is 0 Å². The van der Waals surface area contributed by atoms with Gasteiger partial charge in [0, 0.05) is 6.04 Å². The van der Waals surface area contributed by atoms with Crippen molar-refractivity contribution in [2.24, 2.45) is 5.73 Å². The van der Waals surface area contributed by atoms with Crippen molar-refractivity contribution in [3.05, 3.63) is 59.4 Å². The number of halogens is 1. The highest BCUT2D eigenvalue weighted by molar-refractivity contribution is 5.36. The largest absolute Gasteiger partial charge is 0.457 e. The van der Waals surface area contributed by atoms with Crippen LogP contribution < -0.4 is 10.5 Å². The van der Waals surface area contributed by atoms with Gasteiger partial charge in [0.2, 0.25) is 0 Å². The summed E-state index contributed by atoms with van der Waals surface area (Å²) < 4.78 is 18.9. The molecule has 0 aromatic heterocycles. The Bertz CT molecular complexity index is 566. The minimum Gasteiger partial charge on any atom is -0.457 e. The number of nitrogens with two attached hydrogens (primary N) is 1. The third-order valence-electron chi connectivity index (χ3n) is 2.82. The summed E-state index contributed by atoms with van der Waals surface area (Å²) in [6, 6.07) is 12.6. The van der Waals surface area contributed by atoms with Gasteiger partial charge < -0.3 is 10.5 Å². The summed E-state index contributed by atoms with van der Waals surface area (Å²) in [6.45, 7) is 3.69. The van der Waals surface area contributed by atoms with E-state index in [-0.39, 0.29) is 11.9 Å². The van der Waals surface area contributed by atoms with Gasteiger partial charge in [-0.2, -0.15) is 0 Å². The fourth-order valence-electron chi connectivity index (χ4n) is 1.92. The van der Waals surface area contributed by atoms with Gasteiger partial charge in [0.1, 0.15) is 17.3 Å². The van der Waals surface area contributed by atoms with Crippen molar-refractivity contribution in [2.75, 3.05) is 0 Å². The number of ether oxygens (including phenoxy) is 1. The van der Waals surface area contributed by atoms with E-state index >= 15 is 0 Å². The van der Waals surface area contributed by atoms with E-state index < -0.39 is 0 Å². The van der Waals surface area contributed by atoms with Crippen molar-refractivity contribution in [1.29, 1.82) is 0 Å². The molecular weight excluding hydrogens is 241 g/mol. The molecule has 0 heterocycles. The highest BCUT2D eigenvalue weighted by Gasteiger charge is 2.03. The Kier molecular flexibility index (Phi) is 4.17. The molecule has 19 heavy (non-hydrogen) atoms. The molecule has 0 spiro atoms. The van der Waals surface area contributed by atoms with E-state index in [0.717, 1.165) is 17.7 Å². The normalized spacial score (nSPS) is 12.2. The lowest BCUT2D eigenvalue weighted by atomic mass is 10.1. The number of aryl methyl sites for hydroxylation is 1. The van der Waals surface area contributed by atoms with Crippen molar-refractivity contribution in [3.63, 3.8) is 0 Å². The van der Waals surface area contributed by atoms with Crippen molar-refractivity contribution >= 4 is 0 Å². The van der Waals surface area contributed by atoms with Crippen LogP contribution in [0.2, 0.25) is 0 Å². The van der Waals surface area contributed by atoms with E-state index in [1.54, 1.807) is 19.1 Å². The third kappa shape index (κ3) is 3.80. The van der Waals surface area contributed by atoms with Crippen LogP contribution in [-0.4, -0.2) is 6.04 Å². The Balaban J connectivity index is 2.16. The van der Waals surface area contributed by atoms with Gasteiger partial charge in [-0.05, 0) is 61.7 Å². The number of hydrogen-bond acceptors (Lipinski definition) is 2. The first kappa shape index (κ1) is 13.6. The summed E-state index contributed by atoms with van der Waals surface area (Å²) in [5, 5.41) is 0. The zero-order valence-electron chi connectivity index (χ0n) is 11.2. The molecule has 2 aromatic rings. The molecule has 3 heteroatoms. The Hall–Kier alpha value is -1.87. The van der Waals surface area contributed by atoms with Crippen LogP contribution in [0.5, 0.6) is 11.5 Å². The van der Waals surface area contributed by atoms with Gasteiger partial charge in [-0.15, -0.1) is 0 Å². The van der Waals surface area contributed by atoms with Crippen LogP contribution in [0.15, 0.2) is 42.5 Å². The van der Waals surface area contributed by atoms with E-state index in [4.69, 9.17) is 10.5 Å². The molecule has 0 bridgehead atoms. The molecule has 0 saturated carbocycles. The van der Waals surface area contributed by atoms with E-state index in [9.17, 15) is 4.39 Å². The highest BCUT2D eigenvalue weighted by Crippen LogP contribution is 2.24. The molecule has 100 valence electrons. The van der Waals surface area contributed by atoms with Crippen LogP contribution in [-0.2, 0) is 6.42 Å². The summed E-state index contributed by atoms with van der Waals surface area (Å²) in [4.78, 5) is 0. The van der Waals surface area contributed by atoms with Gasteiger partial charge in [-0.1, -0.05) is 12.1 Å². The predicted molar refractivity (Wildman–Crippen MR) is 75.0 cm³/mol. The molecule has 1 unspecified atom stereocenters. The first-order valence-electron chi connectivity index (χ1n) is 6.33. The molecular formula is C16H18FNO. The standard InChI is InChI=1S/C16H18FNO/c1-11-8-15(6-7-16(11)17)19-14-5-3-4-13(10-14)9-12(2)18/h3-8,10,12H,9,18H2,1-2H3. The Labute approximate surface area is 113 Å². The van der Waals surface area contributed by atoms with Gasteiger partial charge in [-0.25, -0.2) is 4.39 Å². The monoisotopic (exact) mass is 259 g/mol. The molecule has 0 fully saturated rings. The zero-order chi connectivity index (χ0) is 13.8. The summed E-state index contributed by atoms with van der Waals surface area (Å²) >= 11 is 0. The second-order valence-corrected chi connectivity index (χ2v) is 4.84. The van der Waals surface area contributed by atoms with Crippen LogP contribution in [0.3, 0.4) is 0 Å². The first-order chi connectivity index (χ1) is 9.04. The topological polar surface area (TPSA) is 35.2 Å². The fourth-order valence-corrected chi connectivity index (χ4v) is 1.92. The second kappa shape index (κ2) is 5.85. The summed E-state index contributed by atoms with van der Waals surface area (Å²) in [5.74, 6) is 1.15. The van der Waals surface area contributed by atoms with E-state index in [2.05, 4.69) is 0 Å². The molecule has 2 aromatic carbocycles. The molecule has 0 radical (unpaired) electrons. The number of benzene rings is 2. The third-order valence-corrected chi connectivity index (χ3v) is 2.82. The molecule has 2 N–H and O–H groups in total. The zero-order valence-corrected chi connectivity index (χ0v) is 11.2. The molecule has 1 atom stereocenters. The van der Waals surface area contributed by atoms with Crippen molar-refractivity contribution in [3.8, 4) is 11.5 Å². The smallest absolute Gasteiger partial charge is 0.127 e. The lowest BCUT2D eigenvalue weighted by Crippen LogP contribution is -2.17. The minimum absolute atomic E-state index is 0.114. The van der Waals surface area contributed by atoms with E-state index in [1.165, 1.54) is 6.07 Å². The fraction of sp³-hybridized carbons (Fsp3) is 0.250. The average Bonchev–Trinajstić information content (AvgIpc) is 2.33. The molecule has 2 rings (SSSR count). The van der Waals surface area contributed by atoms with Crippen molar-refractivity contribution in [2.45, 2.75) is 26.3 Å². The minimum atomic E-state index is -0.224. The molecule has 0 saturated heterocycles. The molecule has 0 amide bonds. The number of hydrogen-bond donors (Lipinski definition) is 1. The maximum Gasteiger partial charge on any atom is 0.127 e. The average molecular weight is 259 g/mol. The lowest BCUT2D eigenvalue weighted by Gasteiger charge is -2.10. The maximum atomic E-state index is 13.2. The summed E-state index contributed by atoms with van der Waals surface area (Å²) in [5.41, 5.74) is 7.49. The molecule has 2 nitrogen and oxygen atoms in total. The quantitative estimate of drug-likeness (QED) is 0.906. The molecule has 0 aliphatic heterocycles. The number of rotatable bonds is 4. The molecule has 0 aliphatic rings. The summed E-state index contributed by atoms with van der Waals surface area (Å²) in [6.07, 6.45) is 0.805. The highest BCUT2D eigenvalue weighted by atomic mass is 19.1. The van der Waals surface area contributed by atoms with Crippen molar-refractivity contribution in [1.82, 2.24) is 0 Å². The van der Waals surface area contributed by atoms with Gasteiger partial charge >= 0.3 is 0 Å².